The lowest BCUT2D eigenvalue weighted by Gasteiger charge is -2.32. The van der Waals surface area contributed by atoms with Crippen LogP contribution in [-0.4, -0.2) is 12.4 Å². The van der Waals surface area contributed by atoms with Crippen LogP contribution in [0.1, 0.15) is 43.5 Å². The summed E-state index contributed by atoms with van der Waals surface area (Å²) in [6.45, 7) is 4.44. The second kappa shape index (κ2) is 5.51. The van der Waals surface area contributed by atoms with Gasteiger partial charge in [0.25, 0.3) is 0 Å². The third-order valence-corrected chi connectivity index (χ3v) is 3.53. The van der Waals surface area contributed by atoms with E-state index in [-0.39, 0.29) is 6.10 Å². The van der Waals surface area contributed by atoms with E-state index in [1.807, 2.05) is 0 Å². The molecule has 2 rings (SSSR count). The Bertz CT molecular complexity index is 421. The molecule has 0 spiro atoms. The number of halogens is 1. The predicted molar refractivity (Wildman–Crippen MR) is 68.4 cm³/mol. The van der Waals surface area contributed by atoms with Crippen LogP contribution in [0.25, 0.3) is 0 Å². The molecule has 1 aliphatic rings. The van der Waals surface area contributed by atoms with E-state index in [2.05, 4.69) is 13.8 Å². The van der Waals surface area contributed by atoms with Gasteiger partial charge in [0.15, 0.2) is 6.29 Å². The number of carbonyl (C=O) groups excluding carboxylic acids is 1. The molecule has 0 aromatic heterocycles. The van der Waals surface area contributed by atoms with Crippen LogP contribution < -0.4 is 4.74 Å². The number of aldehydes is 1. The smallest absolute Gasteiger partial charge is 0.153 e. The first-order chi connectivity index (χ1) is 8.58. The Morgan fingerprint density at radius 1 is 1.22 bits per heavy atom. The monoisotopic (exact) mass is 250 g/mol. The summed E-state index contributed by atoms with van der Waals surface area (Å²) in [5.41, 5.74) is 0.292. The molecule has 2 atom stereocenters. The van der Waals surface area contributed by atoms with Gasteiger partial charge in [0.05, 0.1) is 11.7 Å². The molecule has 1 fully saturated rings. The first-order valence-electron chi connectivity index (χ1n) is 6.50. The number of ether oxygens (including phenoxy) is 1. The summed E-state index contributed by atoms with van der Waals surface area (Å²) >= 11 is 0. The van der Waals surface area contributed by atoms with Crippen molar-refractivity contribution in [2.75, 3.05) is 0 Å². The van der Waals surface area contributed by atoms with Crippen molar-refractivity contribution in [3.05, 3.63) is 29.6 Å². The van der Waals surface area contributed by atoms with Crippen LogP contribution >= 0.6 is 0 Å². The fraction of sp³-hybridized carbons (Fsp3) is 0.533. The van der Waals surface area contributed by atoms with E-state index in [4.69, 9.17) is 4.74 Å². The zero-order valence-electron chi connectivity index (χ0n) is 10.9. The second-order valence-electron chi connectivity index (χ2n) is 5.46. The maximum absolute atomic E-state index is 13.0. The third kappa shape index (κ3) is 3.09. The van der Waals surface area contributed by atoms with Gasteiger partial charge in [-0.15, -0.1) is 0 Å². The average Bonchev–Trinajstić information content (AvgIpc) is 2.30. The van der Waals surface area contributed by atoms with Crippen molar-refractivity contribution < 1.29 is 13.9 Å². The molecule has 2 unspecified atom stereocenters. The van der Waals surface area contributed by atoms with Gasteiger partial charge >= 0.3 is 0 Å². The van der Waals surface area contributed by atoms with Crippen molar-refractivity contribution in [2.45, 2.75) is 39.2 Å². The fourth-order valence-electron chi connectivity index (χ4n) is 2.87. The zero-order chi connectivity index (χ0) is 13.1. The van der Waals surface area contributed by atoms with Gasteiger partial charge in [-0.2, -0.15) is 0 Å². The molecule has 0 radical (unpaired) electrons. The Kier molecular flexibility index (Phi) is 4.00. The number of benzene rings is 1. The van der Waals surface area contributed by atoms with Crippen LogP contribution in [0.4, 0.5) is 4.39 Å². The summed E-state index contributed by atoms with van der Waals surface area (Å²) in [5.74, 6) is 1.37. The van der Waals surface area contributed by atoms with Gasteiger partial charge in [0, 0.05) is 0 Å². The Labute approximate surface area is 107 Å². The standard InChI is InChI=1S/C15H19FO2/c1-10-5-11(2)7-14(6-10)18-15-4-3-13(16)8-12(15)9-17/h3-4,8-11,14H,5-7H2,1-2H3. The van der Waals surface area contributed by atoms with Crippen LogP contribution in [0.3, 0.4) is 0 Å². The maximum atomic E-state index is 13.0. The molecule has 1 aromatic rings. The van der Waals surface area contributed by atoms with Crippen molar-refractivity contribution in [3.63, 3.8) is 0 Å². The van der Waals surface area contributed by atoms with E-state index < -0.39 is 5.82 Å². The highest BCUT2D eigenvalue weighted by molar-refractivity contribution is 5.79. The lowest BCUT2D eigenvalue weighted by Crippen LogP contribution is -2.28. The molecule has 1 aliphatic carbocycles. The van der Waals surface area contributed by atoms with Crippen molar-refractivity contribution in [2.24, 2.45) is 11.8 Å². The summed E-state index contributed by atoms with van der Waals surface area (Å²) in [7, 11) is 0. The first-order valence-corrected chi connectivity index (χ1v) is 6.50. The van der Waals surface area contributed by atoms with Gasteiger partial charge in [0.2, 0.25) is 0 Å². The predicted octanol–water partition coefficient (Wildman–Crippen LogP) is 3.84. The van der Waals surface area contributed by atoms with E-state index in [1.54, 1.807) is 6.07 Å². The Balaban J connectivity index is 2.11. The molecule has 0 amide bonds. The molecule has 0 heterocycles. The SMILES string of the molecule is CC1CC(C)CC(Oc2ccc(F)cc2C=O)C1. The fourth-order valence-corrected chi connectivity index (χ4v) is 2.87. The quantitative estimate of drug-likeness (QED) is 0.762. The number of hydrogen-bond acceptors (Lipinski definition) is 2. The molecular weight excluding hydrogens is 231 g/mol. The van der Waals surface area contributed by atoms with Gasteiger partial charge in [-0.1, -0.05) is 13.8 Å². The van der Waals surface area contributed by atoms with Crippen molar-refractivity contribution in [1.29, 1.82) is 0 Å². The molecule has 3 heteroatoms. The Morgan fingerprint density at radius 3 is 2.50 bits per heavy atom. The van der Waals surface area contributed by atoms with Gasteiger partial charge in [0.1, 0.15) is 11.6 Å². The molecule has 0 N–H and O–H groups in total. The number of rotatable bonds is 3. The number of carbonyl (C=O) groups is 1. The molecule has 0 bridgehead atoms. The van der Waals surface area contributed by atoms with Crippen LogP contribution in [0, 0.1) is 17.7 Å². The van der Waals surface area contributed by atoms with Crippen LogP contribution in [0.2, 0.25) is 0 Å². The Morgan fingerprint density at radius 2 is 1.89 bits per heavy atom. The number of hydrogen-bond donors (Lipinski definition) is 0. The lowest BCUT2D eigenvalue weighted by atomic mass is 9.82. The van der Waals surface area contributed by atoms with Gasteiger partial charge < -0.3 is 4.74 Å². The normalized spacial score (nSPS) is 27.8. The summed E-state index contributed by atoms with van der Waals surface area (Å²) < 4.78 is 18.9. The third-order valence-electron chi connectivity index (χ3n) is 3.53. The minimum Gasteiger partial charge on any atom is -0.490 e. The highest BCUT2D eigenvalue weighted by atomic mass is 19.1. The minimum atomic E-state index is -0.408. The molecule has 0 aliphatic heterocycles. The topological polar surface area (TPSA) is 26.3 Å². The molecule has 18 heavy (non-hydrogen) atoms. The first kappa shape index (κ1) is 13.1. The van der Waals surface area contributed by atoms with Gasteiger partial charge in [-0.25, -0.2) is 4.39 Å². The van der Waals surface area contributed by atoms with E-state index in [0.29, 0.717) is 29.4 Å². The van der Waals surface area contributed by atoms with Gasteiger partial charge in [-0.3, -0.25) is 4.79 Å². The van der Waals surface area contributed by atoms with Gasteiger partial charge in [-0.05, 0) is 49.3 Å². The average molecular weight is 250 g/mol. The molecule has 1 saturated carbocycles. The van der Waals surface area contributed by atoms with Crippen molar-refractivity contribution >= 4 is 6.29 Å². The molecule has 98 valence electrons. The Hall–Kier alpha value is -1.38. The summed E-state index contributed by atoms with van der Waals surface area (Å²) in [6, 6.07) is 4.10. The minimum absolute atomic E-state index is 0.132. The highest BCUT2D eigenvalue weighted by Crippen LogP contribution is 2.32. The molecule has 1 aromatic carbocycles. The van der Waals surface area contributed by atoms with Crippen LogP contribution in [0.5, 0.6) is 5.75 Å². The lowest BCUT2D eigenvalue weighted by molar-refractivity contribution is 0.0979. The zero-order valence-corrected chi connectivity index (χ0v) is 10.9. The highest BCUT2D eigenvalue weighted by Gasteiger charge is 2.25. The van der Waals surface area contributed by atoms with E-state index in [0.717, 1.165) is 12.8 Å². The summed E-state index contributed by atoms with van der Waals surface area (Å²) in [6.07, 6.45) is 4.01. The van der Waals surface area contributed by atoms with E-state index in [9.17, 15) is 9.18 Å². The van der Waals surface area contributed by atoms with Crippen molar-refractivity contribution in [1.82, 2.24) is 0 Å². The second-order valence-corrected chi connectivity index (χ2v) is 5.46. The van der Waals surface area contributed by atoms with Crippen molar-refractivity contribution in [3.8, 4) is 5.75 Å². The van der Waals surface area contributed by atoms with Crippen LogP contribution in [-0.2, 0) is 0 Å². The summed E-state index contributed by atoms with van der Waals surface area (Å²) in [5, 5.41) is 0. The molecular formula is C15H19FO2. The molecule has 2 nitrogen and oxygen atoms in total. The van der Waals surface area contributed by atoms with Crippen LogP contribution in [0.15, 0.2) is 18.2 Å². The maximum Gasteiger partial charge on any atom is 0.153 e. The molecule has 0 saturated heterocycles. The van der Waals surface area contributed by atoms with E-state index in [1.165, 1.54) is 18.6 Å². The van der Waals surface area contributed by atoms with E-state index >= 15 is 0 Å². The summed E-state index contributed by atoms with van der Waals surface area (Å²) in [4.78, 5) is 10.9. The largest absolute Gasteiger partial charge is 0.490 e.